The Morgan fingerprint density at radius 2 is 1.83 bits per heavy atom. The third kappa shape index (κ3) is 3.79. The Kier molecular flexibility index (Phi) is 5.64. The molecule has 3 heteroatoms. The van der Waals surface area contributed by atoms with Crippen molar-refractivity contribution < 1.29 is 9.90 Å². The van der Waals surface area contributed by atoms with Gasteiger partial charge in [0.25, 0.3) is 0 Å². The van der Waals surface area contributed by atoms with Gasteiger partial charge in [-0.1, -0.05) is 25.7 Å². The molecule has 2 rings (SSSR count). The minimum atomic E-state index is 0.236. The maximum absolute atomic E-state index is 12.1. The molecule has 0 bridgehead atoms. The molecule has 1 aliphatic heterocycles. The van der Waals surface area contributed by atoms with Crippen LogP contribution < -0.4 is 0 Å². The fraction of sp³-hybridized carbons (Fsp3) is 0.933. The Hall–Kier alpha value is -0.410. The Morgan fingerprint density at radius 3 is 2.67 bits per heavy atom. The zero-order valence-electron chi connectivity index (χ0n) is 11.4. The van der Waals surface area contributed by atoms with Crippen LogP contribution >= 0.6 is 0 Å². The van der Waals surface area contributed by atoms with E-state index in [-0.39, 0.29) is 12.5 Å². The molecule has 2 unspecified atom stereocenters. The van der Waals surface area contributed by atoms with E-state index in [1.54, 1.807) is 0 Å². The van der Waals surface area contributed by atoms with Gasteiger partial charge in [-0.05, 0) is 32.2 Å². The van der Waals surface area contributed by atoms with E-state index in [2.05, 4.69) is 4.90 Å². The van der Waals surface area contributed by atoms with E-state index < -0.39 is 0 Å². The second-order valence-electron chi connectivity index (χ2n) is 5.94. The second-order valence-corrected chi connectivity index (χ2v) is 5.94. The van der Waals surface area contributed by atoms with E-state index in [1.807, 2.05) is 0 Å². The van der Waals surface area contributed by atoms with E-state index in [0.717, 1.165) is 38.8 Å². The van der Waals surface area contributed by atoms with E-state index >= 15 is 0 Å². The Labute approximate surface area is 111 Å². The van der Waals surface area contributed by atoms with E-state index in [9.17, 15) is 9.90 Å². The molecule has 0 spiro atoms. The van der Waals surface area contributed by atoms with Crippen molar-refractivity contribution in [2.24, 2.45) is 5.92 Å². The maximum atomic E-state index is 12.1. The van der Waals surface area contributed by atoms with Gasteiger partial charge in [-0.25, -0.2) is 0 Å². The van der Waals surface area contributed by atoms with Gasteiger partial charge < -0.3 is 5.11 Å². The van der Waals surface area contributed by atoms with Crippen LogP contribution in [0.5, 0.6) is 0 Å². The van der Waals surface area contributed by atoms with Crippen LogP contribution in [0.3, 0.4) is 0 Å². The Balaban J connectivity index is 1.93. The molecule has 2 aliphatic rings. The van der Waals surface area contributed by atoms with Crippen LogP contribution in [0.15, 0.2) is 0 Å². The number of rotatable bonds is 3. The lowest BCUT2D eigenvalue weighted by atomic mass is 9.97. The summed E-state index contributed by atoms with van der Waals surface area (Å²) in [5, 5.41) is 9.51. The number of hydrogen-bond donors (Lipinski definition) is 1. The first kappa shape index (κ1) is 14.0. The third-order valence-corrected chi connectivity index (χ3v) is 4.60. The molecule has 1 saturated heterocycles. The Bertz CT molecular complexity index is 267. The lowest BCUT2D eigenvalue weighted by Gasteiger charge is -2.31. The number of aliphatic hydroxyl groups excluding tert-OH is 1. The number of aliphatic hydroxyl groups is 1. The van der Waals surface area contributed by atoms with Crippen LogP contribution in [-0.4, -0.2) is 41.5 Å². The summed E-state index contributed by atoms with van der Waals surface area (Å²) < 4.78 is 0. The monoisotopic (exact) mass is 253 g/mol. The molecule has 1 saturated carbocycles. The fourth-order valence-corrected chi connectivity index (χ4v) is 3.39. The predicted octanol–water partition coefficient (Wildman–Crippen LogP) is 2.37. The SMILES string of the molecule is O=C1CCCCCC1CN1CCCCCC1CO. The average molecular weight is 253 g/mol. The highest BCUT2D eigenvalue weighted by molar-refractivity contribution is 5.81. The average Bonchev–Trinajstić information content (AvgIpc) is 2.71. The number of Topliss-reactive ketones (excluding diaryl/α,β-unsaturated/α-hetero) is 1. The van der Waals surface area contributed by atoms with Crippen molar-refractivity contribution in [2.75, 3.05) is 19.7 Å². The molecule has 1 aliphatic carbocycles. The van der Waals surface area contributed by atoms with Crippen LogP contribution in [-0.2, 0) is 4.79 Å². The van der Waals surface area contributed by atoms with E-state index in [1.165, 1.54) is 32.1 Å². The van der Waals surface area contributed by atoms with Crippen molar-refractivity contribution >= 4 is 5.78 Å². The summed E-state index contributed by atoms with van der Waals surface area (Å²) in [7, 11) is 0. The molecule has 1 heterocycles. The summed E-state index contributed by atoms with van der Waals surface area (Å²) in [6.45, 7) is 2.21. The van der Waals surface area contributed by atoms with Gasteiger partial charge in [0, 0.05) is 24.9 Å². The summed E-state index contributed by atoms with van der Waals surface area (Å²) in [6, 6.07) is 0.295. The second kappa shape index (κ2) is 7.25. The first-order chi connectivity index (χ1) is 8.81. The summed E-state index contributed by atoms with van der Waals surface area (Å²) in [6.07, 6.45) is 10.1. The molecule has 0 radical (unpaired) electrons. The number of likely N-dealkylation sites (tertiary alicyclic amines) is 1. The van der Waals surface area contributed by atoms with Crippen molar-refractivity contribution in [1.29, 1.82) is 0 Å². The van der Waals surface area contributed by atoms with E-state index in [4.69, 9.17) is 0 Å². The highest BCUT2D eigenvalue weighted by Crippen LogP contribution is 2.24. The topological polar surface area (TPSA) is 40.5 Å². The molecular weight excluding hydrogens is 226 g/mol. The molecule has 2 fully saturated rings. The molecule has 0 amide bonds. The minimum absolute atomic E-state index is 0.236. The molecule has 18 heavy (non-hydrogen) atoms. The van der Waals surface area contributed by atoms with Gasteiger partial charge in [-0.3, -0.25) is 9.69 Å². The summed E-state index contributed by atoms with van der Waals surface area (Å²) >= 11 is 0. The minimum Gasteiger partial charge on any atom is -0.395 e. The van der Waals surface area contributed by atoms with Gasteiger partial charge in [0.1, 0.15) is 5.78 Å². The van der Waals surface area contributed by atoms with Gasteiger partial charge in [0.2, 0.25) is 0 Å². The molecular formula is C15H27NO2. The zero-order valence-corrected chi connectivity index (χ0v) is 11.4. The summed E-state index contributed by atoms with van der Waals surface area (Å²) in [4.78, 5) is 14.5. The van der Waals surface area contributed by atoms with Gasteiger partial charge in [0.05, 0.1) is 6.61 Å². The number of hydrogen-bond acceptors (Lipinski definition) is 3. The first-order valence-electron chi connectivity index (χ1n) is 7.69. The number of ketones is 1. The fourth-order valence-electron chi connectivity index (χ4n) is 3.39. The first-order valence-corrected chi connectivity index (χ1v) is 7.69. The van der Waals surface area contributed by atoms with Crippen molar-refractivity contribution in [3.05, 3.63) is 0 Å². The van der Waals surface area contributed by atoms with Crippen molar-refractivity contribution in [3.63, 3.8) is 0 Å². The van der Waals surface area contributed by atoms with Crippen LogP contribution in [0.2, 0.25) is 0 Å². The lowest BCUT2D eigenvalue weighted by Crippen LogP contribution is -2.42. The Morgan fingerprint density at radius 1 is 1.06 bits per heavy atom. The van der Waals surface area contributed by atoms with Crippen LogP contribution in [0.25, 0.3) is 0 Å². The molecule has 2 atom stereocenters. The number of nitrogens with zero attached hydrogens (tertiary/aromatic N) is 1. The number of carbonyl (C=O) groups excluding carboxylic acids is 1. The smallest absolute Gasteiger partial charge is 0.137 e. The highest BCUT2D eigenvalue weighted by Gasteiger charge is 2.27. The van der Waals surface area contributed by atoms with Gasteiger partial charge in [-0.15, -0.1) is 0 Å². The molecule has 104 valence electrons. The molecule has 3 nitrogen and oxygen atoms in total. The van der Waals surface area contributed by atoms with Crippen LogP contribution in [0, 0.1) is 5.92 Å². The predicted molar refractivity (Wildman–Crippen MR) is 72.5 cm³/mol. The van der Waals surface area contributed by atoms with Crippen LogP contribution in [0.4, 0.5) is 0 Å². The highest BCUT2D eigenvalue weighted by atomic mass is 16.3. The molecule has 1 N–H and O–H groups in total. The largest absolute Gasteiger partial charge is 0.395 e. The summed E-state index contributed by atoms with van der Waals surface area (Å²) in [5.74, 6) is 0.702. The quantitative estimate of drug-likeness (QED) is 0.785. The van der Waals surface area contributed by atoms with Gasteiger partial charge in [0.15, 0.2) is 0 Å². The van der Waals surface area contributed by atoms with Crippen molar-refractivity contribution in [1.82, 2.24) is 4.90 Å². The van der Waals surface area contributed by atoms with E-state index in [0.29, 0.717) is 11.8 Å². The van der Waals surface area contributed by atoms with Gasteiger partial charge >= 0.3 is 0 Å². The third-order valence-electron chi connectivity index (χ3n) is 4.60. The normalized spacial score (nSPS) is 31.9. The molecule has 0 aromatic heterocycles. The lowest BCUT2D eigenvalue weighted by molar-refractivity contribution is -0.123. The number of carbonyl (C=O) groups is 1. The zero-order chi connectivity index (χ0) is 12.8. The standard InChI is InChI=1S/C15H27NO2/c17-12-14-8-4-2-6-10-16(14)11-13-7-3-1-5-9-15(13)18/h13-14,17H,1-12H2. The molecule has 0 aromatic carbocycles. The van der Waals surface area contributed by atoms with Crippen LogP contribution in [0.1, 0.15) is 57.8 Å². The van der Waals surface area contributed by atoms with Crippen molar-refractivity contribution in [2.45, 2.75) is 63.8 Å². The molecule has 0 aromatic rings. The summed E-state index contributed by atoms with van der Waals surface area (Å²) in [5.41, 5.74) is 0. The maximum Gasteiger partial charge on any atom is 0.137 e. The van der Waals surface area contributed by atoms with Crippen molar-refractivity contribution in [3.8, 4) is 0 Å². The van der Waals surface area contributed by atoms with Gasteiger partial charge in [-0.2, -0.15) is 0 Å².